The van der Waals surface area contributed by atoms with Gasteiger partial charge in [-0.25, -0.2) is 9.37 Å². The van der Waals surface area contributed by atoms with E-state index in [4.69, 9.17) is 5.73 Å². The van der Waals surface area contributed by atoms with Gasteiger partial charge >= 0.3 is 0 Å². The topological polar surface area (TPSA) is 43.8 Å². The van der Waals surface area contributed by atoms with Gasteiger partial charge in [0.25, 0.3) is 0 Å². The van der Waals surface area contributed by atoms with Crippen molar-refractivity contribution in [2.75, 3.05) is 6.54 Å². The van der Waals surface area contributed by atoms with Crippen LogP contribution in [-0.4, -0.2) is 16.1 Å². The summed E-state index contributed by atoms with van der Waals surface area (Å²) < 4.78 is 15.5. The minimum absolute atomic E-state index is 0.227. The molecular formula is C15H22FN3. The van der Waals surface area contributed by atoms with E-state index in [0.29, 0.717) is 12.5 Å². The van der Waals surface area contributed by atoms with Crippen LogP contribution in [0.4, 0.5) is 4.39 Å². The summed E-state index contributed by atoms with van der Waals surface area (Å²) in [4.78, 5) is 4.63. The molecule has 2 aromatic rings. The van der Waals surface area contributed by atoms with Gasteiger partial charge in [0.2, 0.25) is 0 Å². The molecule has 1 aromatic heterocycles. The summed E-state index contributed by atoms with van der Waals surface area (Å²) in [5.74, 6) is 1.18. The largest absolute Gasteiger partial charge is 0.330 e. The van der Waals surface area contributed by atoms with Crippen molar-refractivity contribution < 1.29 is 4.39 Å². The fourth-order valence-corrected chi connectivity index (χ4v) is 2.51. The molecule has 2 N–H and O–H groups in total. The molecule has 1 atom stereocenters. The summed E-state index contributed by atoms with van der Waals surface area (Å²) in [7, 11) is 0. The third-order valence-corrected chi connectivity index (χ3v) is 3.47. The molecule has 2 rings (SSSR count). The van der Waals surface area contributed by atoms with Crippen molar-refractivity contribution in [2.45, 2.75) is 45.6 Å². The van der Waals surface area contributed by atoms with E-state index in [2.05, 4.69) is 23.4 Å². The van der Waals surface area contributed by atoms with E-state index in [0.717, 1.165) is 42.7 Å². The van der Waals surface area contributed by atoms with Crippen LogP contribution in [0, 0.1) is 5.82 Å². The first-order chi connectivity index (χ1) is 9.17. The first-order valence-electron chi connectivity index (χ1n) is 7.03. The number of nitrogens with two attached hydrogens (primary N) is 1. The Kier molecular flexibility index (Phi) is 4.53. The first kappa shape index (κ1) is 14.0. The molecule has 1 heterocycles. The Bertz CT molecular complexity index is 548. The highest BCUT2D eigenvalue weighted by atomic mass is 19.1. The number of halogens is 1. The van der Waals surface area contributed by atoms with Crippen LogP contribution in [0.25, 0.3) is 11.0 Å². The van der Waals surface area contributed by atoms with Crippen LogP contribution in [0.1, 0.15) is 44.9 Å². The normalized spacial score (nSPS) is 13.1. The van der Waals surface area contributed by atoms with Gasteiger partial charge in [-0.1, -0.05) is 13.8 Å². The zero-order valence-corrected chi connectivity index (χ0v) is 11.7. The van der Waals surface area contributed by atoms with Crippen LogP contribution in [0.5, 0.6) is 0 Å². The number of rotatable bonds is 6. The molecule has 0 saturated heterocycles. The predicted octanol–water partition coefficient (Wildman–Crippen LogP) is 3.43. The highest BCUT2D eigenvalue weighted by Gasteiger charge is 2.16. The highest BCUT2D eigenvalue weighted by molar-refractivity contribution is 5.76. The Labute approximate surface area is 113 Å². The van der Waals surface area contributed by atoms with Crippen molar-refractivity contribution in [3.8, 4) is 0 Å². The van der Waals surface area contributed by atoms with Gasteiger partial charge in [-0.2, -0.15) is 0 Å². The zero-order valence-electron chi connectivity index (χ0n) is 11.7. The SMILES string of the molecule is CCCn1c(C(C)CCCN)nc2cc(F)ccc21. The molecule has 19 heavy (non-hydrogen) atoms. The molecule has 0 fully saturated rings. The van der Waals surface area contributed by atoms with Crippen LogP contribution in [0.15, 0.2) is 18.2 Å². The van der Waals surface area contributed by atoms with Gasteiger partial charge in [-0.3, -0.25) is 0 Å². The summed E-state index contributed by atoms with van der Waals surface area (Å²) in [6, 6.07) is 4.84. The van der Waals surface area contributed by atoms with E-state index in [1.807, 2.05) is 6.07 Å². The minimum atomic E-state index is -0.227. The number of hydrogen-bond acceptors (Lipinski definition) is 2. The van der Waals surface area contributed by atoms with E-state index in [-0.39, 0.29) is 5.82 Å². The fraction of sp³-hybridized carbons (Fsp3) is 0.533. The van der Waals surface area contributed by atoms with Crippen molar-refractivity contribution in [3.05, 3.63) is 29.8 Å². The van der Waals surface area contributed by atoms with Gasteiger partial charge in [0.1, 0.15) is 11.6 Å². The Morgan fingerprint density at radius 3 is 2.89 bits per heavy atom. The molecule has 0 radical (unpaired) electrons. The van der Waals surface area contributed by atoms with Crippen LogP contribution in [0.2, 0.25) is 0 Å². The summed E-state index contributed by atoms with van der Waals surface area (Å²) in [6.07, 6.45) is 3.05. The number of hydrogen-bond donors (Lipinski definition) is 1. The van der Waals surface area contributed by atoms with Gasteiger partial charge in [-0.05, 0) is 37.9 Å². The fourth-order valence-electron chi connectivity index (χ4n) is 2.51. The first-order valence-corrected chi connectivity index (χ1v) is 7.03. The smallest absolute Gasteiger partial charge is 0.125 e. The number of nitrogens with zero attached hydrogens (tertiary/aromatic N) is 2. The maximum absolute atomic E-state index is 13.3. The second kappa shape index (κ2) is 6.15. The molecule has 1 unspecified atom stereocenters. The molecule has 0 saturated carbocycles. The standard InChI is InChI=1S/C15H22FN3/c1-3-9-19-14-7-6-12(16)10-13(14)18-15(19)11(2)5-4-8-17/h6-7,10-11H,3-5,8-9,17H2,1-2H3. The van der Waals surface area contributed by atoms with Gasteiger partial charge in [0.05, 0.1) is 11.0 Å². The van der Waals surface area contributed by atoms with Crippen molar-refractivity contribution in [1.82, 2.24) is 9.55 Å². The maximum atomic E-state index is 13.3. The molecule has 0 amide bonds. The van der Waals surface area contributed by atoms with E-state index >= 15 is 0 Å². The zero-order chi connectivity index (χ0) is 13.8. The van der Waals surface area contributed by atoms with Crippen molar-refractivity contribution in [1.29, 1.82) is 0 Å². The van der Waals surface area contributed by atoms with Gasteiger partial charge < -0.3 is 10.3 Å². The number of benzene rings is 1. The summed E-state index contributed by atoms with van der Waals surface area (Å²) in [5.41, 5.74) is 7.35. The van der Waals surface area contributed by atoms with E-state index in [1.54, 1.807) is 0 Å². The molecule has 4 heteroatoms. The lowest BCUT2D eigenvalue weighted by atomic mass is 10.0. The Morgan fingerprint density at radius 1 is 1.42 bits per heavy atom. The number of imidazole rings is 1. The monoisotopic (exact) mass is 263 g/mol. The third kappa shape index (κ3) is 2.95. The van der Waals surface area contributed by atoms with E-state index in [1.165, 1.54) is 12.1 Å². The summed E-state index contributed by atoms with van der Waals surface area (Å²) >= 11 is 0. The maximum Gasteiger partial charge on any atom is 0.125 e. The van der Waals surface area contributed by atoms with Crippen LogP contribution >= 0.6 is 0 Å². The number of aromatic nitrogens is 2. The molecule has 0 aliphatic heterocycles. The Morgan fingerprint density at radius 2 is 2.21 bits per heavy atom. The molecule has 0 aliphatic rings. The van der Waals surface area contributed by atoms with Gasteiger partial charge in [-0.15, -0.1) is 0 Å². The molecule has 3 nitrogen and oxygen atoms in total. The Hall–Kier alpha value is -1.42. The van der Waals surface area contributed by atoms with E-state index < -0.39 is 0 Å². The quantitative estimate of drug-likeness (QED) is 0.867. The van der Waals surface area contributed by atoms with Crippen molar-refractivity contribution in [3.63, 3.8) is 0 Å². The van der Waals surface area contributed by atoms with E-state index in [9.17, 15) is 4.39 Å². The number of fused-ring (bicyclic) bond motifs is 1. The lowest BCUT2D eigenvalue weighted by Crippen LogP contribution is -2.09. The molecule has 104 valence electrons. The van der Waals surface area contributed by atoms with Crippen molar-refractivity contribution in [2.24, 2.45) is 5.73 Å². The second-order valence-electron chi connectivity index (χ2n) is 5.09. The van der Waals surface area contributed by atoms with Crippen molar-refractivity contribution >= 4 is 11.0 Å². The molecule has 1 aromatic carbocycles. The lowest BCUT2D eigenvalue weighted by Gasteiger charge is -2.13. The molecule has 0 spiro atoms. The lowest BCUT2D eigenvalue weighted by molar-refractivity contribution is 0.559. The van der Waals surface area contributed by atoms with Crippen LogP contribution in [-0.2, 0) is 6.54 Å². The van der Waals surface area contributed by atoms with Crippen LogP contribution in [0.3, 0.4) is 0 Å². The molecular weight excluding hydrogens is 241 g/mol. The number of aryl methyl sites for hydroxylation is 1. The molecule has 0 aliphatic carbocycles. The average molecular weight is 263 g/mol. The average Bonchev–Trinajstić information content (AvgIpc) is 2.74. The second-order valence-corrected chi connectivity index (χ2v) is 5.09. The minimum Gasteiger partial charge on any atom is -0.330 e. The highest BCUT2D eigenvalue weighted by Crippen LogP contribution is 2.25. The predicted molar refractivity (Wildman–Crippen MR) is 76.7 cm³/mol. The summed E-state index contributed by atoms with van der Waals surface area (Å²) in [6.45, 7) is 5.93. The van der Waals surface area contributed by atoms with Gasteiger partial charge in [0, 0.05) is 18.5 Å². The Balaban J connectivity index is 2.43. The third-order valence-electron chi connectivity index (χ3n) is 3.47. The molecule has 0 bridgehead atoms. The summed E-state index contributed by atoms with van der Waals surface area (Å²) in [5, 5.41) is 0. The van der Waals surface area contributed by atoms with Crippen LogP contribution < -0.4 is 5.73 Å². The van der Waals surface area contributed by atoms with Gasteiger partial charge in [0.15, 0.2) is 0 Å².